The van der Waals surface area contributed by atoms with Crippen LogP contribution in [0.15, 0.2) is 89.8 Å². The van der Waals surface area contributed by atoms with Gasteiger partial charge in [-0.05, 0) is 66.1 Å². The Morgan fingerprint density at radius 3 is 2.32 bits per heavy atom. The van der Waals surface area contributed by atoms with Gasteiger partial charge in [0.25, 0.3) is 17.7 Å². The smallest absolute Gasteiger partial charge is 0.285 e. The summed E-state index contributed by atoms with van der Waals surface area (Å²) < 4.78 is 17.4. The van der Waals surface area contributed by atoms with E-state index < -0.39 is 29.7 Å². The van der Waals surface area contributed by atoms with Gasteiger partial charge in [-0.15, -0.1) is 10.2 Å². The van der Waals surface area contributed by atoms with Gasteiger partial charge in [-0.2, -0.15) is 0 Å². The monoisotopic (exact) mass is 713 g/mol. The molecule has 2 N–H and O–H groups in total. The summed E-state index contributed by atoms with van der Waals surface area (Å²) in [7, 11) is 0. The van der Waals surface area contributed by atoms with Crippen molar-refractivity contribution in [1.29, 1.82) is 0 Å². The van der Waals surface area contributed by atoms with Crippen LogP contribution >= 0.6 is 0 Å². The Kier molecular flexibility index (Phi) is 8.64. The SMILES string of the molecule is CC(C)(c1ccc(OCc2ccnc(-c3nnco3)n2)cc1)c1ccc(OC2CC(Nc3ccc4c(c3)C(=O)N(C3CCC(=O)NC3=O)C4=O)C2)cc1. The normalized spacial score (nSPS) is 19.7. The lowest BCUT2D eigenvalue weighted by molar-refractivity contribution is -0.136. The van der Waals surface area contributed by atoms with E-state index in [0.717, 1.165) is 40.4 Å². The zero-order valence-electron chi connectivity index (χ0n) is 28.9. The highest BCUT2D eigenvalue weighted by atomic mass is 16.5. The van der Waals surface area contributed by atoms with Gasteiger partial charge in [-0.1, -0.05) is 38.1 Å². The van der Waals surface area contributed by atoms with Gasteiger partial charge in [-0.3, -0.25) is 29.4 Å². The number of carbonyl (C=O) groups excluding carboxylic acids is 4. The van der Waals surface area contributed by atoms with Crippen LogP contribution in [0.3, 0.4) is 0 Å². The van der Waals surface area contributed by atoms with Crippen LogP contribution in [0.1, 0.15) is 77.1 Å². The first-order chi connectivity index (χ1) is 25.6. The summed E-state index contributed by atoms with van der Waals surface area (Å²) in [5.41, 5.74) is 3.91. The van der Waals surface area contributed by atoms with Crippen molar-refractivity contribution < 1.29 is 33.1 Å². The Morgan fingerprint density at radius 1 is 0.906 bits per heavy atom. The second kappa shape index (κ2) is 13.6. The third-order valence-corrected chi connectivity index (χ3v) is 10.0. The number of piperidine rings is 1. The average molecular weight is 714 g/mol. The van der Waals surface area contributed by atoms with Crippen LogP contribution < -0.4 is 20.1 Å². The van der Waals surface area contributed by atoms with Crippen LogP contribution in [0.5, 0.6) is 11.5 Å². The Labute approximate surface area is 303 Å². The molecule has 3 aromatic carbocycles. The fourth-order valence-corrected chi connectivity index (χ4v) is 6.86. The van der Waals surface area contributed by atoms with Crippen molar-refractivity contribution in [1.82, 2.24) is 30.4 Å². The number of aromatic nitrogens is 4. The Balaban J connectivity index is 0.823. The molecule has 5 aromatic rings. The molecule has 4 amide bonds. The first kappa shape index (κ1) is 33.7. The van der Waals surface area contributed by atoms with Gasteiger partial charge in [0.05, 0.1) is 16.8 Å². The van der Waals surface area contributed by atoms with Crippen molar-refractivity contribution in [3.8, 4) is 23.2 Å². The molecule has 4 heterocycles. The number of nitrogens with zero attached hydrogens (tertiary/aromatic N) is 5. The van der Waals surface area contributed by atoms with Gasteiger partial charge in [0.2, 0.25) is 24.0 Å². The van der Waals surface area contributed by atoms with E-state index in [2.05, 4.69) is 68.9 Å². The highest BCUT2D eigenvalue weighted by Crippen LogP contribution is 2.36. The van der Waals surface area contributed by atoms with E-state index in [-0.39, 0.29) is 54.0 Å². The van der Waals surface area contributed by atoms with Crippen molar-refractivity contribution in [2.45, 2.75) is 69.7 Å². The average Bonchev–Trinajstić information content (AvgIpc) is 3.77. The maximum absolute atomic E-state index is 13.2. The Morgan fingerprint density at radius 2 is 1.62 bits per heavy atom. The molecule has 1 saturated carbocycles. The molecule has 0 radical (unpaired) electrons. The molecule has 2 aliphatic heterocycles. The molecule has 1 atom stereocenters. The fraction of sp³-hybridized carbons (Fsp3) is 0.282. The Bertz CT molecular complexity index is 2200. The van der Waals surface area contributed by atoms with Crippen LogP contribution in [0.4, 0.5) is 5.69 Å². The summed E-state index contributed by atoms with van der Waals surface area (Å²) >= 11 is 0. The molecule has 0 bridgehead atoms. The largest absolute Gasteiger partial charge is 0.490 e. The van der Waals surface area contributed by atoms with Crippen LogP contribution in [0.25, 0.3) is 11.7 Å². The molecule has 2 aromatic heterocycles. The number of anilines is 1. The summed E-state index contributed by atoms with van der Waals surface area (Å²) in [5, 5.41) is 13.2. The van der Waals surface area contributed by atoms with E-state index >= 15 is 0 Å². The van der Waals surface area contributed by atoms with Crippen molar-refractivity contribution >= 4 is 29.3 Å². The molecule has 268 valence electrons. The van der Waals surface area contributed by atoms with Gasteiger partial charge in [0, 0.05) is 42.6 Å². The van der Waals surface area contributed by atoms with E-state index in [9.17, 15) is 19.2 Å². The maximum atomic E-state index is 13.2. The number of hydrogen-bond donors (Lipinski definition) is 2. The minimum absolute atomic E-state index is 0.0345. The van der Waals surface area contributed by atoms with Gasteiger partial charge >= 0.3 is 0 Å². The number of nitrogens with one attached hydrogen (secondary N) is 2. The second-order valence-corrected chi connectivity index (χ2v) is 13.8. The maximum Gasteiger partial charge on any atom is 0.285 e. The lowest BCUT2D eigenvalue weighted by Gasteiger charge is -2.36. The van der Waals surface area contributed by atoms with E-state index in [0.29, 0.717) is 17.2 Å². The van der Waals surface area contributed by atoms with E-state index in [1.54, 1.807) is 30.5 Å². The molecular weight excluding hydrogens is 678 g/mol. The zero-order chi connectivity index (χ0) is 36.7. The molecule has 14 heteroatoms. The summed E-state index contributed by atoms with van der Waals surface area (Å²) in [6.07, 6.45) is 4.63. The lowest BCUT2D eigenvalue weighted by atomic mass is 9.78. The molecule has 14 nitrogen and oxygen atoms in total. The Hall–Kier alpha value is -6.44. The van der Waals surface area contributed by atoms with Crippen LogP contribution in [-0.4, -0.2) is 66.9 Å². The molecule has 1 unspecified atom stereocenters. The van der Waals surface area contributed by atoms with Gasteiger partial charge in [0.1, 0.15) is 30.3 Å². The van der Waals surface area contributed by atoms with Crippen molar-refractivity contribution in [3.63, 3.8) is 0 Å². The molecule has 3 aliphatic rings. The first-order valence-electron chi connectivity index (χ1n) is 17.3. The molecule has 53 heavy (non-hydrogen) atoms. The zero-order valence-corrected chi connectivity index (χ0v) is 28.9. The summed E-state index contributed by atoms with van der Waals surface area (Å²) in [4.78, 5) is 59.7. The topological polar surface area (TPSA) is 179 Å². The number of amides is 4. The number of rotatable bonds is 11. The van der Waals surface area contributed by atoms with Gasteiger partial charge < -0.3 is 19.2 Å². The minimum atomic E-state index is -0.990. The van der Waals surface area contributed by atoms with E-state index in [1.165, 1.54) is 6.39 Å². The predicted molar refractivity (Wildman–Crippen MR) is 189 cm³/mol. The summed E-state index contributed by atoms with van der Waals surface area (Å²) in [5.74, 6) is 0.0323. The van der Waals surface area contributed by atoms with E-state index in [1.807, 2.05) is 24.3 Å². The molecule has 1 saturated heterocycles. The number of hydrogen-bond acceptors (Lipinski definition) is 12. The number of carbonyl (C=O) groups is 4. The molecule has 8 rings (SSSR count). The number of ether oxygens (including phenoxy) is 2. The van der Waals surface area contributed by atoms with Crippen molar-refractivity contribution in [2.24, 2.45) is 0 Å². The number of benzene rings is 3. The fourth-order valence-electron chi connectivity index (χ4n) is 6.86. The third kappa shape index (κ3) is 6.70. The highest BCUT2D eigenvalue weighted by molar-refractivity contribution is 6.23. The van der Waals surface area contributed by atoms with Crippen molar-refractivity contribution in [3.05, 3.63) is 113 Å². The second-order valence-electron chi connectivity index (χ2n) is 13.8. The van der Waals surface area contributed by atoms with Gasteiger partial charge in [-0.25, -0.2) is 9.97 Å². The van der Waals surface area contributed by atoms with Crippen molar-refractivity contribution in [2.75, 3.05) is 5.32 Å². The highest BCUT2D eigenvalue weighted by Gasteiger charge is 2.45. The van der Waals surface area contributed by atoms with Crippen LogP contribution in [0.2, 0.25) is 0 Å². The predicted octanol–water partition coefficient (Wildman–Crippen LogP) is 4.85. The minimum Gasteiger partial charge on any atom is -0.490 e. The molecular formula is C39H35N7O7. The van der Waals surface area contributed by atoms with Crippen LogP contribution in [0, 0.1) is 0 Å². The summed E-state index contributed by atoms with van der Waals surface area (Å²) in [6, 6.07) is 22.2. The summed E-state index contributed by atoms with van der Waals surface area (Å²) in [6.45, 7) is 4.61. The van der Waals surface area contributed by atoms with E-state index in [4.69, 9.17) is 13.9 Å². The number of imide groups is 2. The van der Waals surface area contributed by atoms with Crippen LogP contribution in [-0.2, 0) is 21.6 Å². The molecule has 2 fully saturated rings. The molecule has 0 spiro atoms. The first-order valence-corrected chi connectivity index (χ1v) is 17.3. The third-order valence-electron chi connectivity index (χ3n) is 10.0. The number of fused-ring (bicyclic) bond motifs is 1. The van der Waals surface area contributed by atoms with Gasteiger partial charge in [0.15, 0.2) is 0 Å². The lowest BCUT2D eigenvalue weighted by Crippen LogP contribution is -2.54. The quantitative estimate of drug-likeness (QED) is 0.178. The molecule has 1 aliphatic carbocycles. The standard InChI is InChI=1S/C39H35N7O7/c1-39(2,22-3-8-27(9-4-22)51-20-25-15-16-40-34(43-25)36-45-41-21-52-36)23-5-10-28(11-6-23)53-29-17-26(18-29)42-24-7-12-30-31(19-24)38(50)46(37(30)49)32-13-14-33(47)44-35(32)48/h3-12,15-16,19,21,26,29,32,42H,13-14,17-18,20H2,1-2H3,(H,44,47,48).